The van der Waals surface area contributed by atoms with Gasteiger partial charge in [-0.1, -0.05) is 37.3 Å². The Balaban J connectivity index is 1.82. The smallest absolute Gasteiger partial charge is 0.264 e. The summed E-state index contributed by atoms with van der Waals surface area (Å²) in [6.07, 6.45) is 2.32. The minimum Gasteiger partial charge on any atom is -0.492 e. The number of hydrogen-bond donors (Lipinski definition) is 1. The van der Waals surface area contributed by atoms with Crippen LogP contribution in [0.2, 0.25) is 0 Å². The number of carbonyl (C=O) groups is 1. The van der Waals surface area contributed by atoms with Crippen molar-refractivity contribution in [1.29, 1.82) is 0 Å². The van der Waals surface area contributed by atoms with Crippen LogP contribution in [0.3, 0.4) is 0 Å². The van der Waals surface area contributed by atoms with Gasteiger partial charge in [0.05, 0.1) is 36.6 Å². The van der Waals surface area contributed by atoms with E-state index in [0.717, 1.165) is 10.7 Å². The van der Waals surface area contributed by atoms with Crippen LogP contribution in [0.15, 0.2) is 82.8 Å². The van der Waals surface area contributed by atoms with Crippen molar-refractivity contribution in [3.05, 3.63) is 78.4 Å². The first-order valence-corrected chi connectivity index (χ1v) is 13.9. The summed E-state index contributed by atoms with van der Waals surface area (Å²) in [7, 11) is -4.08. The summed E-state index contributed by atoms with van der Waals surface area (Å²) in [6.45, 7) is 6.56. The molecular formula is C28H33N3O6S. The minimum atomic E-state index is -4.08. The molecule has 0 aliphatic carbocycles. The molecule has 1 N–H and O–H groups in total. The summed E-state index contributed by atoms with van der Waals surface area (Å²) < 4.78 is 45.1. The van der Waals surface area contributed by atoms with Crippen molar-refractivity contribution in [2.45, 2.75) is 32.1 Å². The second kappa shape index (κ2) is 14.0. The number of nitrogens with one attached hydrogen (secondary N) is 1. The molecule has 0 aliphatic rings. The summed E-state index contributed by atoms with van der Waals surface area (Å²) in [5.74, 6) is 0.924. The number of amides is 1. The number of carbonyl (C=O) groups excluding carboxylic acids is 1. The minimum absolute atomic E-state index is 0.0523. The number of benzene rings is 3. The summed E-state index contributed by atoms with van der Waals surface area (Å²) in [5.41, 5.74) is 3.34. The number of rotatable bonds is 14. The van der Waals surface area contributed by atoms with Crippen LogP contribution in [-0.2, 0) is 14.8 Å². The van der Waals surface area contributed by atoms with Gasteiger partial charge in [-0.15, -0.1) is 0 Å². The van der Waals surface area contributed by atoms with Crippen LogP contribution in [0.1, 0.15) is 32.8 Å². The third-order valence-electron chi connectivity index (χ3n) is 5.18. The summed E-state index contributed by atoms with van der Waals surface area (Å²) in [4.78, 5) is 12.9. The third-order valence-corrected chi connectivity index (χ3v) is 6.96. The molecule has 0 spiro atoms. The van der Waals surface area contributed by atoms with E-state index in [-0.39, 0.29) is 10.6 Å². The van der Waals surface area contributed by atoms with Crippen LogP contribution >= 0.6 is 0 Å². The maximum Gasteiger partial charge on any atom is 0.264 e. The molecule has 3 aromatic rings. The Bertz CT molecular complexity index is 1330. The van der Waals surface area contributed by atoms with Gasteiger partial charge in [-0.25, -0.2) is 13.8 Å². The SMILES string of the molecule is CCCOc1ccc(/C=N\NC(=O)CN(c2ccccc2OCC)S(=O)(=O)c2ccccc2)cc1OCC. The molecule has 202 valence electrons. The second-order valence-corrected chi connectivity index (χ2v) is 9.87. The van der Waals surface area contributed by atoms with E-state index in [1.165, 1.54) is 18.3 Å². The lowest BCUT2D eigenvalue weighted by Crippen LogP contribution is -2.39. The number of hydrazone groups is 1. The maximum atomic E-state index is 13.6. The van der Waals surface area contributed by atoms with Gasteiger partial charge in [0.1, 0.15) is 12.3 Å². The van der Waals surface area contributed by atoms with Gasteiger partial charge in [-0.3, -0.25) is 9.10 Å². The van der Waals surface area contributed by atoms with Crippen LogP contribution in [-0.4, -0.2) is 46.9 Å². The normalized spacial score (nSPS) is 11.2. The van der Waals surface area contributed by atoms with Crippen molar-refractivity contribution in [1.82, 2.24) is 5.43 Å². The molecule has 0 radical (unpaired) electrons. The topological polar surface area (TPSA) is 107 Å². The largest absolute Gasteiger partial charge is 0.492 e. The molecule has 0 saturated carbocycles. The van der Waals surface area contributed by atoms with Gasteiger partial charge in [-0.05, 0) is 68.3 Å². The average Bonchev–Trinajstić information content (AvgIpc) is 2.92. The van der Waals surface area contributed by atoms with E-state index in [4.69, 9.17) is 14.2 Å². The molecule has 0 atom stereocenters. The number of ether oxygens (including phenoxy) is 3. The molecule has 0 aromatic heterocycles. The fourth-order valence-corrected chi connectivity index (χ4v) is 4.96. The zero-order chi connectivity index (χ0) is 27.4. The predicted octanol–water partition coefficient (Wildman–Crippen LogP) is 4.62. The van der Waals surface area contributed by atoms with Crippen LogP contribution in [0, 0.1) is 0 Å². The van der Waals surface area contributed by atoms with Gasteiger partial charge in [-0.2, -0.15) is 5.10 Å². The van der Waals surface area contributed by atoms with Gasteiger partial charge in [0.15, 0.2) is 11.5 Å². The van der Waals surface area contributed by atoms with Crippen LogP contribution < -0.4 is 23.9 Å². The van der Waals surface area contributed by atoms with Crippen molar-refractivity contribution in [2.75, 3.05) is 30.7 Å². The van der Waals surface area contributed by atoms with Crippen LogP contribution in [0.5, 0.6) is 17.2 Å². The maximum absolute atomic E-state index is 13.6. The standard InChI is InChI=1S/C28H33N3O6S/c1-4-18-37-26-17-16-22(19-27(26)36-6-3)20-29-30-28(32)21-31(24-14-10-11-15-25(24)35-5-2)38(33,34)23-12-8-7-9-13-23/h7-17,19-20H,4-6,18,21H2,1-3H3,(H,30,32)/b29-20-. The average molecular weight is 540 g/mol. The molecule has 3 aromatic carbocycles. The fraction of sp³-hybridized carbons (Fsp3) is 0.286. The van der Waals surface area contributed by atoms with E-state index in [1.807, 2.05) is 13.8 Å². The lowest BCUT2D eigenvalue weighted by atomic mass is 10.2. The van der Waals surface area contributed by atoms with E-state index in [2.05, 4.69) is 10.5 Å². The molecule has 0 unspecified atom stereocenters. The number of para-hydroxylation sites is 2. The van der Waals surface area contributed by atoms with Gasteiger partial charge in [0.25, 0.3) is 15.9 Å². The highest BCUT2D eigenvalue weighted by atomic mass is 32.2. The Kier molecular flexibility index (Phi) is 10.5. The quantitative estimate of drug-likeness (QED) is 0.237. The third kappa shape index (κ3) is 7.48. The molecule has 3 rings (SSSR count). The molecule has 0 aliphatic heterocycles. The summed E-state index contributed by atoms with van der Waals surface area (Å²) in [5, 5.41) is 4.02. The van der Waals surface area contributed by atoms with E-state index in [0.29, 0.717) is 42.6 Å². The van der Waals surface area contributed by atoms with Crippen molar-refractivity contribution in [3.8, 4) is 17.2 Å². The van der Waals surface area contributed by atoms with Crippen molar-refractivity contribution < 1.29 is 27.4 Å². The van der Waals surface area contributed by atoms with Crippen LogP contribution in [0.25, 0.3) is 0 Å². The molecule has 0 heterocycles. The lowest BCUT2D eigenvalue weighted by Gasteiger charge is -2.25. The molecule has 0 fully saturated rings. The fourth-order valence-electron chi connectivity index (χ4n) is 3.51. The molecular weight excluding hydrogens is 506 g/mol. The molecule has 9 nitrogen and oxygen atoms in total. The Labute approximate surface area is 224 Å². The molecule has 0 saturated heterocycles. The lowest BCUT2D eigenvalue weighted by molar-refractivity contribution is -0.119. The Hall–Kier alpha value is -4.05. The Morgan fingerprint density at radius 2 is 1.55 bits per heavy atom. The zero-order valence-corrected chi connectivity index (χ0v) is 22.6. The molecule has 10 heteroatoms. The second-order valence-electron chi connectivity index (χ2n) is 8.01. The first-order valence-electron chi connectivity index (χ1n) is 12.4. The Morgan fingerprint density at radius 3 is 2.26 bits per heavy atom. The zero-order valence-electron chi connectivity index (χ0n) is 21.8. The molecule has 0 bridgehead atoms. The highest BCUT2D eigenvalue weighted by Gasteiger charge is 2.29. The first kappa shape index (κ1) is 28.5. The van der Waals surface area contributed by atoms with E-state index >= 15 is 0 Å². The van der Waals surface area contributed by atoms with E-state index in [1.54, 1.807) is 67.6 Å². The predicted molar refractivity (Wildman–Crippen MR) is 148 cm³/mol. The monoisotopic (exact) mass is 539 g/mol. The molecule has 1 amide bonds. The number of anilines is 1. The molecule has 38 heavy (non-hydrogen) atoms. The number of nitrogens with zero attached hydrogens (tertiary/aromatic N) is 2. The van der Waals surface area contributed by atoms with Crippen molar-refractivity contribution in [3.63, 3.8) is 0 Å². The van der Waals surface area contributed by atoms with E-state index < -0.39 is 22.5 Å². The van der Waals surface area contributed by atoms with Gasteiger partial charge >= 0.3 is 0 Å². The van der Waals surface area contributed by atoms with Gasteiger partial charge < -0.3 is 14.2 Å². The number of sulfonamides is 1. The van der Waals surface area contributed by atoms with Crippen molar-refractivity contribution >= 4 is 27.8 Å². The highest BCUT2D eigenvalue weighted by Crippen LogP contribution is 2.32. The number of hydrogen-bond acceptors (Lipinski definition) is 7. The summed E-state index contributed by atoms with van der Waals surface area (Å²) >= 11 is 0. The van der Waals surface area contributed by atoms with E-state index in [9.17, 15) is 13.2 Å². The summed E-state index contributed by atoms with van der Waals surface area (Å²) in [6, 6.07) is 19.9. The van der Waals surface area contributed by atoms with Crippen molar-refractivity contribution in [2.24, 2.45) is 5.10 Å². The van der Waals surface area contributed by atoms with Gasteiger partial charge in [0, 0.05) is 0 Å². The van der Waals surface area contributed by atoms with Crippen LogP contribution in [0.4, 0.5) is 5.69 Å². The highest BCUT2D eigenvalue weighted by molar-refractivity contribution is 7.92. The van der Waals surface area contributed by atoms with Gasteiger partial charge in [0.2, 0.25) is 0 Å². The first-order chi connectivity index (χ1) is 18.4. The Morgan fingerprint density at radius 1 is 0.868 bits per heavy atom.